The molecule has 0 radical (unpaired) electrons. The topological polar surface area (TPSA) is 30.5 Å². The Hall–Kier alpha value is -1.31. The molecule has 0 amide bonds. The largest absolute Gasteiger partial charge is 0.416 e. The molecule has 3 nitrogen and oxygen atoms in total. The van der Waals surface area contributed by atoms with Gasteiger partial charge >= 0.3 is 6.18 Å². The fourth-order valence-corrected chi connectivity index (χ4v) is 4.32. The minimum atomic E-state index is -4.41. The minimum Gasteiger partial charge on any atom is -0.378 e. The van der Waals surface area contributed by atoms with Crippen LogP contribution in [0.15, 0.2) is 40.9 Å². The quantitative estimate of drug-likeness (QED) is 0.710. The number of benzene rings is 1. The molecular formula is C18H17BrF3NO2. The zero-order chi connectivity index (χ0) is 17.6. The van der Waals surface area contributed by atoms with E-state index in [0.717, 1.165) is 12.5 Å². The van der Waals surface area contributed by atoms with Crippen LogP contribution in [0.5, 0.6) is 0 Å². The van der Waals surface area contributed by atoms with Crippen molar-refractivity contribution < 1.29 is 22.6 Å². The molecule has 0 bridgehead atoms. The molecule has 0 saturated carbocycles. The number of rotatable bonds is 1. The van der Waals surface area contributed by atoms with Crippen molar-refractivity contribution in [2.75, 3.05) is 18.5 Å². The predicted molar refractivity (Wildman–Crippen MR) is 91.4 cm³/mol. The summed E-state index contributed by atoms with van der Waals surface area (Å²) in [5, 5.41) is 3.41. The number of nitrogens with one attached hydrogen (secondary N) is 1. The SMILES string of the molecule is FC(F)(F)c1cc(Br)c2c(c1)[C@H]1OCCO[C@H]1[C@H](C1C=CC=CC1)N2. The normalized spacial score (nSPS) is 31.2. The molecule has 1 fully saturated rings. The molecule has 4 atom stereocenters. The van der Waals surface area contributed by atoms with Gasteiger partial charge in [0.25, 0.3) is 0 Å². The molecule has 134 valence electrons. The lowest BCUT2D eigenvalue weighted by Gasteiger charge is -2.45. The van der Waals surface area contributed by atoms with Crippen LogP contribution in [0.25, 0.3) is 0 Å². The zero-order valence-electron chi connectivity index (χ0n) is 13.2. The van der Waals surface area contributed by atoms with Crippen LogP contribution in [0.4, 0.5) is 18.9 Å². The standard InChI is InChI=1S/C18H17BrF3NO2/c19-13-9-11(18(20,21)22)8-12-15(13)23-14(10-4-2-1-3-5-10)17-16(12)24-6-7-25-17/h1-4,8-10,14,16-17,23H,5-7H2/t10?,14-,16+,17-/m0/s1. The molecule has 4 rings (SSSR count). The average molecular weight is 416 g/mol. The molecule has 0 aromatic heterocycles. The van der Waals surface area contributed by atoms with Crippen LogP contribution in [0.3, 0.4) is 0 Å². The first-order chi connectivity index (χ1) is 11.9. The van der Waals surface area contributed by atoms with E-state index in [-0.39, 0.29) is 18.1 Å². The average Bonchev–Trinajstić information content (AvgIpc) is 2.61. The number of halogens is 4. The van der Waals surface area contributed by atoms with E-state index in [1.54, 1.807) is 0 Å². The van der Waals surface area contributed by atoms with Crippen LogP contribution in [-0.2, 0) is 15.7 Å². The number of alkyl halides is 3. The van der Waals surface area contributed by atoms with Crippen LogP contribution in [0, 0.1) is 5.92 Å². The second-order valence-corrected chi connectivity index (χ2v) is 7.28. The summed E-state index contributed by atoms with van der Waals surface area (Å²) in [6.45, 7) is 0.822. The van der Waals surface area contributed by atoms with Gasteiger partial charge in [-0.05, 0) is 34.5 Å². The van der Waals surface area contributed by atoms with Gasteiger partial charge in [-0.25, -0.2) is 0 Å². The number of allylic oxidation sites excluding steroid dienone is 3. The van der Waals surface area contributed by atoms with Crippen molar-refractivity contribution in [3.05, 3.63) is 52.0 Å². The van der Waals surface area contributed by atoms with Crippen LogP contribution in [0.1, 0.15) is 23.7 Å². The van der Waals surface area contributed by atoms with Gasteiger partial charge < -0.3 is 14.8 Å². The highest BCUT2D eigenvalue weighted by Gasteiger charge is 2.45. The van der Waals surface area contributed by atoms with Crippen LogP contribution in [0.2, 0.25) is 0 Å². The summed E-state index contributed by atoms with van der Waals surface area (Å²) in [6, 6.07) is 2.22. The molecule has 1 N–H and O–H groups in total. The third-order valence-corrected chi connectivity index (χ3v) is 5.51. The van der Waals surface area contributed by atoms with Crippen molar-refractivity contribution in [1.29, 1.82) is 0 Å². The van der Waals surface area contributed by atoms with E-state index < -0.39 is 17.8 Å². The van der Waals surface area contributed by atoms with Gasteiger partial charge in [0.15, 0.2) is 0 Å². The summed E-state index contributed by atoms with van der Waals surface area (Å²) >= 11 is 3.30. The Labute approximate surface area is 152 Å². The number of fused-ring (bicyclic) bond motifs is 3. The first kappa shape index (κ1) is 17.1. The van der Waals surface area contributed by atoms with Gasteiger partial charge in [0, 0.05) is 16.0 Å². The van der Waals surface area contributed by atoms with Crippen LogP contribution >= 0.6 is 15.9 Å². The van der Waals surface area contributed by atoms with E-state index >= 15 is 0 Å². The number of hydrogen-bond acceptors (Lipinski definition) is 3. The van der Waals surface area contributed by atoms with Crippen molar-refractivity contribution in [2.45, 2.75) is 30.8 Å². The van der Waals surface area contributed by atoms with E-state index in [2.05, 4.69) is 33.4 Å². The van der Waals surface area contributed by atoms with Crippen molar-refractivity contribution in [2.24, 2.45) is 5.92 Å². The lowest BCUT2D eigenvalue weighted by atomic mass is 9.81. The molecule has 3 aliphatic rings. The van der Waals surface area contributed by atoms with Crippen LogP contribution in [-0.4, -0.2) is 25.4 Å². The Balaban J connectivity index is 1.77. The second-order valence-electron chi connectivity index (χ2n) is 6.43. The molecule has 25 heavy (non-hydrogen) atoms. The smallest absolute Gasteiger partial charge is 0.378 e. The molecule has 1 aromatic rings. The van der Waals surface area contributed by atoms with E-state index in [9.17, 15) is 13.2 Å². The highest BCUT2D eigenvalue weighted by atomic mass is 79.9. The van der Waals surface area contributed by atoms with Gasteiger partial charge in [-0.15, -0.1) is 0 Å². The highest BCUT2D eigenvalue weighted by molar-refractivity contribution is 9.10. The fourth-order valence-electron chi connectivity index (χ4n) is 3.73. The maximum atomic E-state index is 13.2. The monoisotopic (exact) mass is 415 g/mol. The van der Waals surface area contributed by atoms with E-state index in [4.69, 9.17) is 9.47 Å². The summed E-state index contributed by atoms with van der Waals surface area (Å²) in [5.41, 5.74) is 0.470. The van der Waals surface area contributed by atoms with Crippen LogP contribution < -0.4 is 5.32 Å². The molecule has 1 aliphatic carbocycles. The summed E-state index contributed by atoms with van der Waals surface area (Å²) in [7, 11) is 0. The van der Waals surface area contributed by atoms with E-state index in [1.807, 2.05) is 12.2 Å². The second kappa shape index (κ2) is 6.45. The Kier molecular flexibility index (Phi) is 4.42. The van der Waals surface area contributed by atoms with Gasteiger partial charge in [0.2, 0.25) is 0 Å². The van der Waals surface area contributed by atoms with E-state index in [0.29, 0.717) is 28.9 Å². The third-order valence-electron chi connectivity index (χ3n) is 4.88. The first-order valence-electron chi connectivity index (χ1n) is 8.19. The highest BCUT2D eigenvalue weighted by Crippen LogP contribution is 2.47. The van der Waals surface area contributed by atoms with Gasteiger partial charge in [-0.2, -0.15) is 13.2 Å². The third kappa shape index (κ3) is 3.13. The summed E-state index contributed by atoms with van der Waals surface area (Å²) in [4.78, 5) is 0. The molecule has 2 heterocycles. The Bertz CT molecular complexity index is 732. The number of anilines is 1. The number of ether oxygens (including phenoxy) is 2. The maximum Gasteiger partial charge on any atom is 0.416 e. The summed E-state index contributed by atoms with van der Waals surface area (Å²) < 4.78 is 51.8. The molecular weight excluding hydrogens is 399 g/mol. The minimum absolute atomic E-state index is 0.0629. The zero-order valence-corrected chi connectivity index (χ0v) is 14.8. The predicted octanol–water partition coefficient (Wildman–Crippen LogP) is 4.85. The lowest BCUT2D eigenvalue weighted by Crippen LogP contribution is -2.51. The Morgan fingerprint density at radius 3 is 2.64 bits per heavy atom. The molecule has 7 heteroatoms. The summed E-state index contributed by atoms with van der Waals surface area (Å²) in [5.74, 6) is 0.196. The number of hydrogen-bond donors (Lipinski definition) is 1. The van der Waals surface area contributed by atoms with Gasteiger partial charge in [0.05, 0.1) is 30.5 Å². The molecule has 1 aromatic carbocycles. The maximum absolute atomic E-state index is 13.2. The van der Waals surface area contributed by atoms with Gasteiger partial charge in [-0.3, -0.25) is 0 Å². The molecule has 1 unspecified atom stereocenters. The Morgan fingerprint density at radius 1 is 1.12 bits per heavy atom. The lowest BCUT2D eigenvalue weighted by molar-refractivity contribution is -0.154. The Morgan fingerprint density at radius 2 is 1.92 bits per heavy atom. The molecule has 2 aliphatic heterocycles. The summed E-state index contributed by atoms with van der Waals surface area (Å²) in [6.07, 6.45) is 3.80. The van der Waals surface area contributed by atoms with Crippen molar-refractivity contribution in [3.63, 3.8) is 0 Å². The molecule has 1 saturated heterocycles. The first-order valence-corrected chi connectivity index (χ1v) is 8.98. The van der Waals surface area contributed by atoms with Crippen molar-refractivity contribution in [3.8, 4) is 0 Å². The van der Waals surface area contributed by atoms with Crippen molar-refractivity contribution >= 4 is 21.6 Å². The van der Waals surface area contributed by atoms with Gasteiger partial charge in [0.1, 0.15) is 12.2 Å². The van der Waals surface area contributed by atoms with E-state index in [1.165, 1.54) is 6.07 Å². The van der Waals surface area contributed by atoms with Gasteiger partial charge in [-0.1, -0.05) is 24.3 Å². The molecule has 0 spiro atoms. The fraction of sp³-hybridized carbons (Fsp3) is 0.444. The van der Waals surface area contributed by atoms with Crippen molar-refractivity contribution in [1.82, 2.24) is 0 Å².